The van der Waals surface area contributed by atoms with Crippen LogP contribution in [0.25, 0.3) is 0 Å². The zero-order valence-corrected chi connectivity index (χ0v) is 8.16. The van der Waals surface area contributed by atoms with Gasteiger partial charge >= 0.3 is 0 Å². The molecule has 0 aliphatic heterocycles. The Morgan fingerprint density at radius 2 is 1.18 bits per heavy atom. The lowest BCUT2D eigenvalue weighted by atomic mass is 10.8. The van der Waals surface area contributed by atoms with E-state index >= 15 is 0 Å². The number of nitrogens with two attached hydrogens (primary N) is 1. The molecule has 0 heterocycles. The molecule has 0 saturated heterocycles. The molecule has 11 heavy (non-hydrogen) atoms. The Labute approximate surface area is 66.4 Å². The van der Waals surface area contributed by atoms with E-state index in [4.69, 9.17) is 5.73 Å². The Balaban J connectivity index is 5.45. The monoisotopic (exact) mass is 201 g/mol. The lowest BCUT2D eigenvalue weighted by Crippen LogP contribution is -2.50. The van der Waals surface area contributed by atoms with Crippen LogP contribution < -0.4 is 5.73 Å². The van der Waals surface area contributed by atoms with Crippen molar-refractivity contribution >= 4 is 19.7 Å². The Morgan fingerprint density at radius 3 is 1.18 bits per heavy atom. The van der Waals surface area contributed by atoms with Gasteiger partial charge < -0.3 is 5.73 Å². The molecular weight excluding hydrogens is 190 g/mol. The van der Waals surface area contributed by atoms with E-state index in [-0.39, 0.29) is 0 Å². The highest BCUT2D eigenvalue weighted by atomic mass is 32.3. The fourth-order valence-electron chi connectivity index (χ4n) is 0.275. The molecule has 0 aromatic carbocycles. The fourth-order valence-corrected chi connectivity index (χ4v) is 2.47. The predicted octanol–water partition coefficient (Wildman–Crippen LogP) is -1.29. The summed E-state index contributed by atoms with van der Waals surface area (Å²) >= 11 is 0. The van der Waals surface area contributed by atoms with Gasteiger partial charge in [-0.1, -0.05) is 0 Å². The van der Waals surface area contributed by atoms with Crippen molar-refractivity contribution in [2.75, 3.05) is 12.5 Å². The maximum atomic E-state index is 10.8. The molecule has 0 amide bonds. The standard InChI is InChI=1S/C4H11NO4S2/c1-4(5,10(2,6)7)11(3,8)9/h5H2,1-3H3. The van der Waals surface area contributed by atoms with Gasteiger partial charge in [0.25, 0.3) is 0 Å². The second-order valence-corrected chi connectivity index (χ2v) is 7.60. The molecule has 0 fully saturated rings. The first kappa shape index (κ1) is 10.9. The normalized spacial score (nSPS) is 14.9. The molecule has 0 rings (SSSR count). The van der Waals surface area contributed by atoms with Crippen molar-refractivity contribution in [3.63, 3.8) is 0 Å². The molecule has 0 bridgehead atoms. The van der Waals surface area contributed by atoms with E-state index in [1.807, 2.05) is 0 Å². The summed E-state index contributed by atoms with van der Waals surface area (Å²) in [4.78, 5) is 0. The van der Waals surface area contributed by atoms with Crippen molar-refractivity contribution in [2.24, 2.45) is 5.73 Å². The van der Waals surface area contributed by atoms with Crippen molar-refractivity contribution in [1.29, 1.82) is 0 Å². The van der Waals surface area contributed by atoms with E-state index in [0.717, 1.165) is 19.4 Å². The number of sulfone groups is 2. The van der Waals surface area contributed by atoms with Crippen molar-refractivity contribution in [3.8, 4) is 0 Å². The van der Waals surface area contributed by atoms with Crippen molar-refractivity contribution in [2.45, 2.75) is 11.1 Å². The third-order valence-corrected chi connectivity index (χ3v) is 6.23. The average Bonchev–Trinajstić information content (AvgIpc) is 1.58. The van der Waals surface area contributed by atoms with E-state index < -0.39 is 23.9 Å². The highest BCUT2D eigenvalue weighted by Gasteiger charge is 2.41. The third kappa shape index (κ3) is 1.91. The van der Waals surface area contributed by atoms with Gasteiger partial charge in [0.15, 0.2) is 19.7 Å². The Hall–Kier alpha value is -0.140. The molecule has 0 unspecified atom stereocenters. The molecule has 68 valence electrons. The first-order valence-electron chi connectivity index (χ1n) is 2.68. The highest BCUT2D eigenvalue weighted by Crippen LogP contribution is 2.14. The molecule has 0 saturated carbocycles. The largest absolute Gasteiger partial charge is 0.300 e. The quantitative estimate of drug-likeness (QED) is 0.599. The van der Waals surface area contributed by atoms with E-state index in [1.165, 1.54) is 0 Å². The summed E-state index contributed by atoms with van der Waals surface area (Å²) in [5.41, 5.74) is 5.09. The van der Waals surface area contributed by atoms with Gasteiger partial charge in [-0.05, 0) is 6.92 Å². The van der Waals surface area contributed by atoms with Crippen LogP contribution in [0.3, 0.4) is 0 Å². The zero-order valence-electron chi connectivity index (χ0n) is 6.53. The average molecular weight is 201 g/mol. The smallest absolute Gasteiger partial charge is 0.217 e. The molecule has 5 nitrogen and oxygen atoms in total. The van der Waals surface area contributed by atoms with Crippen LogP contribution in [0.5, 0.6) is 0 Å². The molecule has 7 heteroatoms. The fraction of sp³-hybridized carbons (Fsp3) is 1.00. The van der Waals surface area contributed by atoms with E-state index in [1.54, 1.807) is 0 Å². The van der Waals surface area contributed by atoms with Crippen molar-refractivity contribution in [1.82, 2.24) is 0 Å². The van der Waals surface area contributed by atoms with Crippen LogP contribution in [0.1, 0.15) is 6.92 Å². The van der Waals surface area contributed by atoms with Crippen LogP contribution in [-0.4, -0.2) is 33.6 Å². The second kappa shape index (κ2) is 2.43. The summed E-state index contributed by atoms with van der Waals surface area (Å²) in [6.45, 7) is 0.956. The Bertz CT molecular complexity index is 302. The van der Waals surface area contributed by atoms with Crippen LogP contribution in [-0.2, 0) is 19.7 Å². The number of rotatable bonds is 2. The molecule has 2 N–H and O–H groups in total. The second-order valence-electron chi connectivity index (χ2n) is 2.56. The summed E-state index contributed by atoms with van der Waals surface area (Å²) in [7, 11) is -7.54. The molecule has 0 radical (unpaired) electrons. The van der Waals surface area contributed by atoms with Crippen LogP contribution in [0.15, 0.2) is 0 Å². The molecular formula is C4H11NO4S2. The maximum Gasteiger partial charge on any atom is 0.217 e. The van der Waals surface area contributed by atoms with Gasteiger partial charge in [0.2, 0.25) is 4.20 Å². The lowest BCUT2D eigenvalue weighted by molar-refractivity contribution is 0.558. The van der Waals surface area contributed by atoms with Crippen LogP contribution in [0.2, 0.25) is 0 Å². The van der Waals surface area contributed by atoms with Gasteiger partial charge in [-0.3, -0.25) is 0 Å². The minimum Gasteiger partial charge on any atom is -0.300 e. The number of hydrogen-bond donors (Lipinski definition) is 1. The molecule has 0 aromatic rings. The molecule has 0 spiro atoms. The van der Waals surface area contributed by atoms with Gasteiger partial charge in [0.05, 0.1) is 0 Å². The van der Waals surface area contributed by atoms with E-state index in [2.05, 4.69) is 0 Å². The highest BCUT2D eigenvalue weighted by molar-refractivity contribution is 8.09. The van der Waals surface area contributed by atoms with Gasteiger partial charge in [0, 0.05) is 12.5 Å². The molecule has 0 aromatic heterocycles. The van der Waals surface area contributed by atoms with Gasteiger partial charge in [-0.25, -0.2) is 16.8 Å². The lowest BCUT2D eigenvalue weighted by Gasteiger charge is -2.19. The van der Waals surface area contributed by atoms with Crippen LogP contribution in [0.4, 0.5) is 0 Å². The summed E-state index contributed by atoms with van der Waals surface area (Å²) < 4.78 is 41.0. The SMILES string of the molecule is CC(N)(S(C)(=O)=O)S(C)(=O)=O. The van der Waals surface area contributed by atoms with Gasteiger partial charge in [0.1, 0.15) is 0 Å². The molecule has 0 aliphatic rings. The molecule has 0 atom stereocenters. The first-order chi connectivity index (χ1) is 4.50. The maximum absolute atomic E-state index is 10.8. The Kier molecular flexibility index (Phi) is 2.40. The zero-order chi connectivity index (χ0) is 9.50. The van der Waals surface area contributed by atoms with Crippen molar-refractivity contribution in [3.05, 3.63) is 0 Å². The van der Waals surface area contributed by atoms with Gasteiger partial charge in [-0.15, -0.1) is 0 Å². The first-order valence-corrected chi connectivity index (χ1v) is 6.46. The van der Waals surface area contributed by atoms with Gasteiger partial charge in [-0.2, -0.15) is 0 Å². The number of hydrogen-bond acceptors (Lipinski definition) is 5. The minimum atomic E-state index is -3.77. The summed E-state index contributed by atoms with van der Waals surface area (Å²) in [6, 6.07) is 0. The topological polar surface area (TPSA) is 94.3 Å². The summed E-state index contributed by atoms with van der Waals surface area (Å²) in [5, 5.41) is 0. The van der Waals surface area contributed by atoms with Crippen LogP contribution >= 0.6 is 0 Å². The van der Waals surface area contributed by atoms with Crippen LogP contribution in [0, 0.1) is 0 Å². The molecule has 0 aliphatic carbocycles. The van der Waals surface area contributed by atoms with E-state index in [9.17, 15) is 16.8 Å². The Morgan fingerprint density at radius 1 is 1.00 bits per heavy atom. The third-order valence-electron chi connectivity index (χ3n) is 1.47. The minimum absolute atomic E-state index is 0.786. The van der Waals surface area contributed by atoms with Crippen molar-refractivity contribution < 1.29 is 16.8 Å². The summed E-state index contributed by atoms with van der Waals surface area (Å²) in [6.07, 6.45) is 1.57. The predicted molar refractivity (Wildman–Crippen MR) is 42.3 cm³/mol. The summed E-state index contributed by atoms with van der Waals surface area (Å²) in [5.74, 6) is 0. The van der Waals surface area contributed by atoms with E-state index in [0.29, 0.717) is 0 Å².